The first kappa shape index (κ1) is 20.8. The van der Waals surface area contributed by atoms with Gasteiger partial charge in [-0.25, -0.2) is 0 Å². The van der Waals surface area contributed by atoms with Gasteiger partial charge in [-0.1, -0.05) is 36.6 Å². The summed E-state index contributed by atoms with van der Waals surface area (Å²) in [5.41, 5.74) is 0.471. The molecule has 0 radical (unpaired) electrons. The highest BCUT2D eigenvalue weighted by atomic mass is 35.5. The molecule has 30 heavy (non-hydrogen) atoms. The molecule has 1 saturated carbocycles. The summed E-state index contributed by atoms with van der Waals surface area (Å²) in [6, 6.07) is 7.83. The highest BCUT2D eigenvalue weighted by Crippen LogP contribution is 2.41. The van der Waals surface area contributed by atoms with E-state index in [0.29, 0.717) is 43.1 Å². The SMILES string of the molecule is COc1nc(CNC(=O)C2(c3ccc(Cl)cc3)CCCC2)nc(N2CCOCC2)n1. The third-order valence-electron chi connectivity index (χ3n) is 5.82. The molecular formula is C21H26ClN5O3. The topological polar surface area (TPSA) is 89.5 Å². The molecule has 2 aliphatic rings. The zero-order chi connectivity index (χ0) is 21.0. The predicted molar refractivity (Wildman–Crippen MR) is 113 cm³/mol. The number of hydrogen-bond acceptors (Lipinski definition) is 7. The van der Waals surface area contributed by atoms with Gasteiger partial charge >= 0.3 is 6.01 Å². The Kier molecular flexibility index (Phi) is 6.34. The van der Waals surface area contributed by atoms with Crippen molar-refractivity contribution < 1.29 is 14.3 Å². The number of aromatic nitrogens is 3. The second kappa shape index (κ2) is 9.14. The summed E-state index contributed by atoms with van der Waals surface area (Å²) < 4.78 is 10.6. The van der Waals surface area contributed by atoms with Crippen molar-refractivity contribution in [3.8, 4) is 6.01 Å². The Bertz CT molecular complexity index is 881. The van der Waals surface area contributed by atoms with E-state index in [1.807, 2.05) is 29.2 Å². The molecule has 1 aliphatic carbocycles. The van der Waals surface area contributed by atoms with Gasteiger partial charge in [0.1, 0.15) is 0 Å². The molecule has 0 spiro atoms. The van der Waals surface area contributed by atoms with Crippen molar-refractivity contribution in [2.45, 2.75) is 37.6 Å². The summed E-state index contributed by atoms with van der Waals surface area (Å²) in [6.45, 7) is 2.88. The third kappa shape index (κ3) is 4.34. The second-order valence-corrected chi connectivity index (χ2v) is 8.05. The molecule has 9 heteroatoms. The lowest BCUT2D eigenvalue weighted by molar-refractivity contribution is -0.126. The number of benzene rings is 1. The van der Waals surface area contributed by atoms with Crippen molar-refractivity contribution >= 4 is 23.5 Å². The molecule has 1 N–H and O–H groups in total. The number of carbonyl (C=O) groups is 1. The Morgan fingerprint density at radius 2 is 1.87 bits per heavy atom. The first-order valence-corrected chi connectivity index (χ1v) is 10.6. The van der Waals surface area contributed by atoms with Crippen LogP contribution in [0.5, 0.6) is 6.01 Å². The largest absolute Gasteiger partial charge is 0.467 e. The van der Waals surface area contributed by atoms with E-state index in [1.54, 1.807) is 0 Å². The first-order valence-electron chi connectivity index (χ1n) is 10.3. The van der Waals surface area contributed by atoms with Gasteiger partial charge in [-0.15, -0.1) is 0 Å². The number of amides is 1. The lowest BCUT2D eigenvalue weighted by Gasteiger charge is -2.28. The predicted octanol–water partition coefficient (Wildman–Crippen LogP) is 2.50. The molecule has 2 heterocycles. The van der Waals surface area contributed by atoms with Crippen LogP contribution in [-0.4, -0.2) is 54.3 Å². The number of halogens is 1. The van der Waals surface area contributed by atoms with Crippen LogP contribution in [0.4, 0.5) is 5.95 Å². The van der Waals surface area contributed by atoms with Gasteiger partial charge in [-0.05, 0) is 30.5 Å². The van der Waals surface area contributed by atoms with Crippen molar-refractivity contribution in [3.63, 3.8) is 0 Å². The fourth-order valence-corrected chi connectivity index (χ4v) is 4.31. The number of anilines is 1. The van der Waals surface area contributed by atoms with E-state index in [2.05, 4.69) is 20.3 Å². The number of ether oxygens (including phenoxy) is 2. The second-order valence-electron chi connectivity index (χ2n) is 7.62. The summed E-state index contributed by atoms with van der Waals surface area (Å²) in [5, 5.41) is 3.72. The van der Waals surface area contributed by atoms with Gasteiger partial charge in [0, 0.05) is 18.1 Å². The average Bonchev–Trinajstić information content (AvgIpc) is 3.29. The molecule has 1 aliphatic heterocycles. The zero-order valence-corrected chi connectivity index (χ0v) is 17.8. The van der Waals surface area contributed by atoms with E-state index in [4.69, 9.17) is 21.1 Å². The van der Waals surface area contributed by atoms with Gasteiger partial charge in [0.2, 0.25) is 11.9 Å². The van der Waals surface area contributed by atoms with E-state index >= 15 is 0 Å². The van der Waals surface area contributed by atoms with E-state index in [0.717, 1.165) is 31.2 Å². The molecule has 0 bridgehead atoms. The average molecular weight is 432 g/mol. The van der Waals surface area contributed by atoms with Crippen molar-refractivity contribution in [2.24, 2.45) is 0 Å². The zero-order valence-electron chi connectivity index (χ0n) is 17.1. The quantitative estimate of drug-likeness (QED) is 0.751. The van der Waals surface area contributed by atoms with Crippen LogP contribution in [0.15, 0.2) is 24.3 Å². The fourth-order valence-electron chi connectivity index (χ4n) is 4.18. The van der Waals surface area contributed by atoms with Gasteiger partial charge in [0.15, 0.2) is 5.82 Å². The molecule has 2 fully saturated rings. The van der Waals surface area contributed by atoms with Crippen molar-refractivity contribution in [2.75, 3.05) is 38.3 Å². The monoisotopic (exact) mass is 431 g/mol. The van der Waals surface area contributed by atoms with Crippen LogP contribution in [-0.2, 0) is 21.5 Å². The van der Waals surface area contributed by atoms with Gasteiger partial charge < -0.3 is 19.7 Å². The standard InChI is InChI=1S/C21H26ClN5O3/c1-29-20-25-17(24-19(26-20)27-10-12-30-13-11-27)14-23-18(28)21(8-2-3-9-21)15-4-6-16(22)7-5-15/h4-7H,2-3,8-14H2,1H3,(H,23,28). The number of morpholine rings is 1. The molecule has 0 atom stereocenters. The van der Waals surface area contributed by atoms with Crippen molar-refractivity contribution in [1.82, 2.24) is 20.3 Å². The minimum Gasteiger partial charge on any atom is -0.467 e. The molecule has 4 rings (SSSR count). The van der Waals surface area contributed by atoms with E-state index in [-0.39, 0.29) is 18.5 Å². The third-order valence-corrected chi connectivity index (χ3v) is 6.07. The molecule has 0 unspecified atom stereocenters. The van der Waals surface area contributed by atoms with E-state index < -0.39 is 5.41 Å². The van der Waals surface area contributed by atoms with Crippen LogP contribution >= 0.6 is 11.6 Å². The molecule has 1 saturated heterocycles. The smallest absolute Gasteiger partial charge is 0.321 e. The molecule has 1 aromatic heterocycles. The van der Waals surface area contributed by atoms with Gasteiger partial charge in [0.25, 0.3) is 0 Å². The molecule has 160 valence electrons. The lowest BCUT2D eigenvalue weighted by Crippen LogP contribution is -2.42. The Morgan fingerprint density at radius 3 is 2.53 bits per heavy atom. The fraction of sp³-hybridized carbons (Fsp3) is 0.524. The number of nitrogens with zero attached hydrogens (tertiary/aromatic N) is 4. The van der Waals surface area contributed by atoms with Crippen LogP contribution in [0, 0.1) is 0 Å². The van der Waals surface area contributed by atoms with Gasteiger partial charge in [-0.2, -0.15) is 15.0 Å². The molecule has 1 amide bonds. The number of hydrogen-bond donors (Lipinski definition) is 1. The van der Waals surface area contributed by atoms with Crippen molar-refractivity contribution in [1.29, 1.82) is 0 Å². The maximum Gasteiger partial charge on any atom is 0.321 e. The van der Waals surface area contributed by atoms with Crippen LogP contribution in [0.25, 0.3) is 0 Å². The van der Waals surface area contributed by atoms with Crippen molar-refractivity contribution in [3.05, 3.63) is 40.7 Å². The normalized spacial score (nSPS) is 18.3. The molecule has 8 nitrogen and oxygen atoms in total. The van der Waals surface area contributed by atoms with Gasteiger partial charge in [0.05, 0.1) is 32.3 Å². The summed E-state index contributed by atoms with van der Waals surface area (Å²) in [6.07, 6.45) is 3.69. The van der Waals surface area contributed by atoms with Crippen LogP contribution in [0.1, 0.15) is 37.1 Å². The Labute approximate surface area is 181 Å². The maximum absolute atomic E-state index is 13.3. The summed E-state index contributed by atoms with van der Waals surface area (Å²) in [5.74, 6) is 1.01. The Balaban J connectivity index is 1.51. The first-order chi connectivity index (χ1) is 14.6. The lowest BCUT2D eigenvalue weighted by atomic mass is 9.78. The highest BCUT2D eigenvalue weighted by Gasteiger charge is 2.42. The van der Waals surface area contributed by atoms with Gasteiger partial charge in [-0.3, -0.25) is 4.79 Å². The van der Waals surface area contributed by atoms with E-state index in [1.165, 1.54) is 7.11 Å². The maximum atomic E-state index is 13.3. The summed E-state index contributed by atoms with van der Waals surface area (Å²) in [7, 11) is 1.52. The number of rotatable bonds is 6. The summed E-state index contributed by atoms with van der Waals surface area (Å²) in [4.78, 5) is 28.5. The van der Waals surface area contributed by atoms with Crippen LogP contribution in [0.2, 0.25) is 5.02 Å². The van der Waals surface area contributed by atoms with E-state index in [9.17, 15) is 4.79 Å². The summed E-state index contributed by atoms with van der Waals surface area (Å²) >= 11 is 6.05. The number of nitrogens with one attached hydrogen (secondary N) is 1. The van der Waals surface area contributed by atoms with Crippen LogP contribution < -0.4 is 15.0 Å². The Morgan fingerprint density at radius 1 is 1.17 bits per heavy atom. The minimum absolute atomic E-state index is 0.00498. The van der Waals surface area contributed by atoms with Crippen LogP contribution in [0.3, 0.4) is 0 Å². The minimum atomic E-state index is -0.533. The molecule has 1 aromatic carbocycles. The Hall–Kier alpha value is -2.45. The number of methoxy groups -OCH3 is 1. The molecule has 2 aromatic rings. The molecular weight excluding hydrogens is 406 g/mol. The highest BCUT2D eigenvalue weighted by molar-refractivity contribution is 6.30. The number of carbonyl (C=O) groups excluding carboxylic acids is 1.